The van der Waals surface area contributed by atoms with Crippen LogP contribution in [0.2, 0.25) is 0 Å². The molecule has 0 aliphatic heterocycles. The van der Waals surface area contributed by atoms with Gasteiger partial charge in [0.2, 0.25) is 5.89 Å². The molecular weight excluding hydrogens is 220 g/mol. The number of Topliss-reactive ketones (excluding diaryl/α,β-unsaturated/α-hetero) is 1. The monoisotopic (exact) mass is 232 g/mol. The highest BCUT2D eigenvalue weighted by Gasteiger charge is 2.10. The fraction of sp³-hybridized carbons (Fsp3) is 0.250. The molecule has 0 aliphatic carbocycles. The Morgan fingerprint density at radius 3 is 2.59 bits per heavy atom. The van der Waals surface area contributed by atoms with Gasteiger partial charge < -0.3 is 4.42 Å². The predicted octanol–water partition coefficient (Wildman–Crippen LogP) is 1.40. The summed E-state index contributed by atoms with van der Waals surface area (Å²) in [7, 11) is 0. The van der Waals surface area contributed by atoms with Crippen LogP contribution in [0, 0.1) is 6.92 Å². The standard InChI is InChI=1S/C12H12N2O3/c1-8-3-5-10(6-4-8)11-13-14(7-9(2)15)12(16)17-11/h3-6H,7H2,1-2H3. The van der Waals surface area contributed by atoms with Gasteiger partial charge in [0.15, 0.2) is 5.78 Å². The first-order valence-electron chi connectivity index (χ1n) is 5.20. The molecule has 0 saturated carbocycles. The predicted molar refractivity (Wildman–Crippen MR) is 61.6 cm³/mol. The number of benzene rings is 1. The minimum Gasteiger partial charge on any atom is -0.388 e. The van der Waals surface area contributed by atoms with Crippen LogP contribution in [-0.4, -0.2) is 15.6 Å². The van der Waals surface area contributed by atoms with Crippen molar-refractivity contribution >= 4 is 5.78 Å². The van der Waals surface area contributed by atoms with Crippen molar-refractivity contribution in [1.29, 1.82) is 0 Å². The van der Waals surface area contributed by atoms with E-state index in [1.54, 1.807) is 0 Å². The molecule has 0 N–H and O–H groups in total. The molecule has 1 aromatic heterocycles. The molecule has 0 amide bonds. The minimum atomic E-state index is -0.615. The van der Waals surface area contributed by atoms with Crippen molar-refractivity contribution in [2.24, 2.45) is 0 Å². The van der Waals surface area contributed by atoms with Gasteiger partial charge in [0.25, 0.3) is 0 Å². The summed E-state index contributed by atoms with van der Waals surface area (Å²) < 4.78 is 6.01. The summed E-state index contributed by atoms with van der Waals surface area (Å²) in [5.41, 5.74) is 1.83. The Morgan fingerprint density at radius 1 is 1.35 bits per heavy atom. The van der Waals surface area contributed by atoms with E-state index in [4.69, 9.17) is 4.42 Å². The van der Waals surface area contributed by atoms with Crippen molar-refractivity contribution in [3.63, 3.8) is 0 Å². The molecule has 0 spiro atoms. The maximum Gasteiger partial charge on any atom is 0.437 e. The molecule has 2 rings (SSSR count). The van der Waals surface area contributed by atoms with E-state index < -0.39 is 5.76 Å². The number of aromatic nitrogens is 2. The van der Waals surface area contributed by atoms with Gasteiger partial charge in [0.1, 0.15) is 6.54 Å². The van der Waals surface area contributed by atoms with Crippen molar-refractivity contribution in [3.8, 4) is 11.5 Å². The summed E-state index contributed by atoms with van der Waals surface area (Å²) >= 11 is 0. The average molecular weight is 232 g/mol. The third-order valence-electron chi connectivity index (χ3n) is 2.28. The Morgan fingerprint density at radius 2 is 2.00 bits per heavy atom. The Labute approximate surface area is 97.7 Å². The summed E-state index contributed by atoms with van der Waals surface area (Å²) in [6.45, 7) is 3.30. The van der Waals surface area contributed by atoms with Crippen LogP contribution in [0.1, 0.15) is 12.5 Å². The molecule has 1 heterocycles. The van der Waals surface area contributed by atoms with E-state index >= 15 is 0 Å². The Balaban J connectivity index is 2.37. The van der Waals surface area contributed by atoms with Gasteiger partial charge in [-0.15, -0.1) is 5.10 Å². The molecule has 88 valence electrons. The van der Waals surface area contributed by atoms with Gasteiger partial charge in [-0.2, -0.15) is 4.68 Å². The van der Waals surface area contributed by atoms with Crippen molar-refractivity contribution in [1.82, 2.24) is 9.78 Å². The normalized spacial score (nSPS) is 10.5. The zero-order chi connectivity index (χ0) is 12.4. The van der Waals surface area contributed by atoms with Gasteiger partial charge in [0.05, 0.1) is 0 Å². The summed E-state index contributed by atoms with van der Waals surface area (Å²) in [5, 5.41) is 3.97. The van der Waals surface area contributed by atoms with Crippen molar-refractivity contribution in [2.45, 2.75) is 20.4 Å². The van der Waals surface area contributed by atoms with Gasteiger partial charge in [-0.3, -0.25) is 4.79 Å². The molecule has 0 bridgehead atoms. The van der Waals surface area contributed by atoms with Crippen LogP contribution in [0.25, 0.3) is 11.5 Å². The fourth-order valence-electron chi connectivity index (χ4n) is 1.43. The quantitative estimate of drug-likeness (QED) is 0.802. The molecule has 0 saturated heterocycles. The highest BCUT2D eigenvalue weighted by atomic mass is 16.4. The van der Waals surface area contributed by atoms with Crippen LogP contribution >= 0.6 is 0 Å². The van der Waals surface area contributed by atoms with E-state index in [-0.39, 0.29) is 18.2 Å². The Hall–Kier alpha value is -2.17. The lowest BCUT2D eigenvalue weighted by Crippen LogP contribution is -2.19. The number of nitrogens with zero attached hydrogens (tertiary/aromatic N) is 2. The number of carbonyl (C=O) groups excluding carboxylic acids is 1. The molecule has 0 fully saturated rings. The van der Waals surface area contributed by atoms with Crippen molar-refractivity contribution < 1.29 is 9.21 Å². The molecule has 5 nitrogen and oxygen atoms in total. The van der Waals surface area contributed by atoms with E-state index in [1.165, 1.54) is 6.92 Å². The average Bonchev–Trinajstić information content (AvgIpc) is 2.60. The smallest absolute Gasteiger partial charge is 0.388 e. The molecule has 17 heavy (non-hydrogen) atoms. The lowest BCUT2D eigenvalue weighted by molar-refractivity contribution is -0.117. The van der Waals surface area contributed by atoms with Crippen LogP contribution in [0.15, 0.2) is 33.5 Å². The van der Waals surface area contributed by atoms with E-state index in [9.17, 15) is 9.59 Å². The zero-order valence-corrected chi connectivity index (χ0v) is 9.64. The van der Waals surface area contributed by atoms with Gasteiger partial charge in [-0.25, -0.2) is 4.79 Å². The van der Waals surface area contributed by atoms with Gasteiger partial charge in [-0.1, -0.05) is 17.7 Å². The lowest BCUT2D eigenvalue weighted by atomic mass is 10.1. The zero-order valence-electron chi connectivity index (χ0n) is 9.64. The summed E-state index contributed by atoms with van der Waals surface area (Å²) in [5.74, 6) is -0.525. The number of hydrogen-bond donors (Lipinski definition) is 0. The highest BCUT2D eigenvalue weighted by Crippen LogP contribution is 2.15. The SMILES string of the molecule is CC(=O)Cn1nc(-c2ccc(C)cc2)oc1=O. The second kappa shape index (κ2) is 4.37. The number of carbonyl (C=O) groups is 1. The Bertz CT molecular complexity index is 593. The summed E-state index contributed by atoms with van der Waals surface area (Å²) in [4.78, 5) is 22.3. The molecule has 0 unspecified atom stereocenters. The number of rotatable bonds is 3. The second-order valence-corrected chi connectivity index (χ2v) is 3.90. The Kier molecular flexibility index (Phi) is 2.91. The van der Waals surface area contributed by atoms with Gasteiger partial charge in [-0.05, 0) is 26.0 Å². The minimum absolute atomic E-state index is 0.0613. The summed E-state index contributed by atoms with van der Waals surface area (Å²) in [6.07, 6.45) is 0. The van der Waals surface area contributed by atoms with E-state index in [2.05, 4.69) is 5.10 Å². The highest BCUT2D eigenvalue weighted by molar-refractivity contribution is 5.75. The summed E-state index contributed by atoms with van der Waals surface area (Å²) in [6, 6.07) is 7.44. The van der Waals surface area contributed by atoms with Crippen molar-refractivity contribution in [2.75, 3.05) is 0 Å². The van der Waals surface area contributed by atoms with Crippen molar-refractivity contribution in [3.05, 3.63) is 40.4 Å². The van der Waals surface area contributed by atoms with Crippen LogP contribution in [0.5, 0.6) is 0 Å². The third-order valence-corrected chi connectivity index (χ3v) is 2.28. The number of hydrogen-bond acceptors (Lipinski definition) is 4. The maximum atomic E-state index is 11.4. The second-order valence-electron chi connectivity index (χ2n) is 3.90. The number of aryl methyl sites for hydroxylation is 1. The lowest BCUT2D eigenvalue weighted by Gasteiger charge is -1.95. The van der Waals surface area contributed by atoms with E-state index in [0.717, 1.165) is 15.8 Å². The first-order chi connectivity index (χ1) is 8.06. The molecule has 2 aromatic rings. The maximum absolute atomic E-state index is 11.4. The van der Waals surface area contributed by atoms with E-state index in [0.29, 0.717) is 0 Å². The third kappa shape index (κ3) is 2.50. The van der Waals surface area contributed by atoms with Crippen LogP contribution < -0.4 is 5.76 Å². The topological polar surface area (TPSA) is 65.1 Å². The molecule has 0 radical (unpaired) electrons. The largest absolute Gasteiger partial charge is 0.437 e. The van der Waals surface area contributed by atoms with Gasteiger partial charge in [0, 0.05) is 5.56 Å². The first-order valence-corrected chi connectivity index (χ1v) is 5.20. The first kappa shape index (κ1) is 11.3. The molecule has 1 aromatic carbocycles. The fourth-order valence-corrected chi connectivity index (χ4v) is 1.43. The van der Waals surface area contributed by atoms with E-state index in [1.807, 2.05) is 31.2 Å². The van der Waals surface area contributed by atoms with Gasteiger partial charge >= 0.3 is 5.76 Å². The van der Waals surface area contributed by atoms with Crippen LogP contribution in [0.4, 0.5) is 0 Å². The molecule has 5 heteroatoms. The van der Waals surface area contributed by atoms with Crippen LogP contribution in [0.3, 0.4) is 0 Å². The molecular formula is C12H12N2O3. The van der Waals surface area contributed by atoms with Crippen LogP contribution in [-0.2, 0) is 11.3 Å². The number of ketones is 1. The molecule has 0 aliphatic rings. The molecule has 0 atom stereocenters.